The van der Waals surface area contributed by atoms with Crippen molar-refractivity contribution < 1.29 is 19.1 Å². The highest BCUT2D eigenvalue weighted by molar-refractivity contribution is 7.98. The number of fused-ring (bicyclic) bond motifs is 1. The van der Waals surface area contributed by atoms with E-state index in [1.54, 1.807) is 11.8 Å². The van der Waals surface area contributed by atoms with Crippen LogP contribution in [0.1, 0.15) is 12.8 Å². The molecule has 1 fully saturated rings. The van der Waals surface area contributed by atoms with Crippen molar-refractivity contribution in [3.8, 4) is 5.75 Å². The number of thioether (sulfide) groups is 1. The first-order valence-electron chi connectivity index (χ1n) is 11.8. The van der Waals surface area contributed by atoms with Crippen molar-refractivity contribution in [3.63, 3.8) is 0 Å². The summed E-state index contributed by atoms with van der Waals surface area (Å²) in [6, 6.07) is 12.8. The maximum atomic E-state index is 13.3. The number of hydrogen-bond donors (Lipinski definition) is 3. The standard InChI is InChI=1S/C26H35N3O4S2/c1-32-26(31)22(12-14-35-2)28-25(30)23-15-20(16-29(23)13-6-9-19(27)17-34)33-24-11-5-8-18-7-3-4-10-21(18)24/h3-11,19-20,22-23,34H,12-17,27H2,1-2H3,(H,28,30)/b9-6+/t19-,20+,22+,23+/m1/s1. The van der Waals surface area contributed by atoms with E-state index in [4.69, 9.17) is 15.2 Å². The first-order chi connectivity index (χ1) is 17.0. The molecule has 0 aromatic heterocycles. The number of carbonyl (C=O) groups excluding carboxylic acids is 2. The number of esters is 1. The van der Waals surface area contributed by atoms with Gasteiger partial charge in [-0.05, 0) is 29.9 Å². The van der Waals surface area contributed by atoms with Gasteiger partial charge in [0.15, 0.2) is 0 Å². The van der Waals surface area contributed by atoms with E-state index in [0.717, 1.165) is 22.3 Å². The Bertz CT molecular complexity index is 1010. The van der Waals surface area contributed by atoms with Gasteiger partial charge < -0.3 is 20.5 Å². The first-order valence-corrected chi connectivity index (χ1v) is 13.8. The van der Waals surface area contributed by atoms with E-state index >= 15 is 0 Å². The number of benzene rings is 2. The molecule has 1 aliphatic heterocycles. The maximum Gasteiger partial charge on any atom is 0.328 e. The molecular weight excluding hydrogens is 482 g/mol. The van der Waals surface area contributed by atoms with Crippen LogP contribution in [-0.4, -0.2) is 79.0 Å². The second-order valence-electron chi connectivity index (χ2n) is 8.56. The number of ether oxygens (including phenoxy) is 2. The molecule has 9 heteroatoms. The van der Waals surface area contributed by atoms with E-state index in [0.29, 0.717) is 31.7 Å². The average Bonchev–Trinajstić information content (AvgIpc) is 3.28. The van der Waals surface area contributed by atoms with Crippen molar-refractivity contribution >= 4 is 47.0 Å². The van der Waals surface area contributed by atoms with Crippen molar-refractivity contribution in [2.75, 3.05) is 38.0 Å². The van der Waals surface area contributed by atoms with Gasteiger partial charge in [-0.3, -0.25) is 9.69 Å². The maximum absolute atomic E-state index is 13.3. The molecule has 2 aromatic rings. The highest BCUT2D eigenvalue weighted by atomic mass is 32.2. The summed E-state index contributed by atoms with van der Waals surface area (Å²) in [5.74, 6) is 1.46. The molecule has 2 aromatic carbocycles. The minimum atomic E-state index is -0.673. The molecule has 0 saturated carbocycles. The fourth-order valence-electron chi connectivity index (χ4n) is 4.23. The highest BCUT2D eigenvalue weighted by Gasteiger charge is 2.39. The van der Waals surface area contributed by atoms with E-state index in [1.165, 1.54) is 7.11 Å². The van der Waals surface area contributed by atoms with Gasteiger partial charge in [0.25, 0.3) is 0 Å². The lowest BCUT2D eigenvalue weighted by Crippen LogP contribution is -2.50. The second-order valence-corrected chi connectivity index (χ2v) is 9.91. The molecule has 0 aliphatic carbocycles. The number of hydrogen-bond acceptors (Lipinski definition) is 8. The quantitative estimate of drug-likeness (QED) is 0.226. The number of rotatable bonds is 12. The summed E-state index contributed by atoms with van der Waals surface area (Å²) in [5.41, 5.74) is 5.96. The Morgan fingerprint density at radius 1 is 1.29 bits per heavy atom. The first kappa shape index (κ1) is 27.4. The van der Waals surface area contributed by atoms with Crippen molar-refractivity contribution in [3.05, 3.63) is 54.6 Å². The minimum Gasteiger partial charge on any atom is -0.488 e. The van der Waals surface area contributed by atoms with E-state index in [9.17, 15) is 9.59 Å². The molecule has 0 spiro atoms. The molecule has 0 radical (unpaired) electrons. The van der Waals surface area contributed by atoms with Crippen LogP contribution in [0.4, 0.5) is 0 Å². The number of likely N-dealkylation sites (tertiary alicyclic amines) is 1. The van der Waals surface area contributed by atoms with Crippen molar-refractivity contribution in [2.24, 2.45) is 5.73 Å². The zero-order valence-corrected chi connectivity index (χ0v) is 22.0. The Balaban J connectivity index is 1.76. The smallest absolute Gasteiger partial charge is 0.328 e. The minimum absolute atomic E-state index is 0.147. The van der Waals surface area contributed by atoms with Crippen LogP contribution in [-0.2, 0) is 14.3 Å². The lowest BCUT2D eigenvalue weighted by Gasteiger charge is -2.24. The van der Waals surface area contributed by atoms with Gasteiger partial charge >= 0.3 is 5.97 Å². The summed E-state index contributed by atoms with van der Waals surface area (Å²) in [5, 5.41) is 5.06. The predicted molar refractivity (Wildman–Crippen MR) is 146 cm³/mol. The van der Waals surface area contributed by atoms with Crippen LogP contribution in [0, 0.1) is 0 Å². The molecule has 35 heavy (non-hydrogen) atoms. The average molecular weight is 518 g/mol. The Kier molecular flexibility index (Phi) is 10.8. The molecule has 4 atom stereocenters. The Hall–Kier alpha value is -2.20. The molecule has 1 amide bonds. The second kappa shape index (κ2) is 13.8. The number of nitrogens with two attached hydrogens (primary N) is 1. The number of thiol groups is 1. The lowest BCUT2D eigenvalue weighted by atomic mass is 10.1. The molecule has 1 aliphatic rings. The summed E-state index contributed by atoms with van der Waals surface area (Å²) in [4.78, 5) is 27.6. The third kappa shape index (κ3) is 7.64. The summed E-state index contributed by atoms with van der Waals surface area (Å²) in [7, 11) is 1.34. The summed E-state index contributed by atoms with van der Waals surface area (Å²) >= 11 is 5.84. The monoisotopic (exact) mass is 517 g/mol. The topological polar surface area (TPSA) is 93.9 Å². The lowest BCUT2D eigenvalue weighted by molar-refractivity contribution is -0.145. The molecule has 3 rings (SSSR count). The SMILES string of the molecule is COC(=O)[C@H](CCSC)NC(=O)[C@@H]1C[C@H](Oc2cccc3ccccc23)CN1C/C=C/[C@@H](N)CS. The molecule has 0 unspecified atom stereocenters. The molecule has 190 valence electrons. The fourth-order valence-corrected chi connectivity index (χ4v) is 4.82. The summed E-state index contributed by atoms with van der Waals surface area (Å²) < 4.78 is 11.3. The number of nitrogens with zero attached hydrogens (tertiary/aromatic N) is 1. The van der Waals surface area contributed by atoms with Crippen LogP contribution < -0.4 is 15.8 Å². The van der Waals surface area contributed by atoms with Crippen molar-refractivity contribution in [1.82, 2.24) is 10.2 Å². The summed E-state index contributed by atoms with van der Waals surface area (Å²) in [6.07, 6.45) is 6.68. The molecule has 1 heterocycles. The van der Waals surface area contributed by atoms with Crippen LogP contribution in [0.2, 0.25) is 0 Å². The van der Waals surface area contributed by atoms with Crippen molar-refractivity contribution in [2.45, 2.75) is 37.1 Å². The van der Waals surface area contributed by atoms with E-state index in [-0.39, 0.29) is 18.1 Å². The molecule has 0 bridgehead atoms. The highest BCUT2D eigenvalue weighted by Crippen LogP contribution is 2.29. The van der Waals surface area contributed by atoms with Crippen LogP contribution in [0.5, 0.6) is 5.75 Å². The van der Waals surface area contributed by atoms with Crippen LogP contribution in [0.25, 0.3) is 10.8 Å². The Labute approximate surface area is 217 Å². The van der Waals surface area contributed by atoms with Gasteiger partial charge in [-0.25, -0.2) is 4.79 Å². The number of amides is 1. The molecule has 1 saturated heterocycles. The van der Waals surface area contributed by atoms with Crippen molar-refractivity contribution in [1.29, 1.82) is 0 Å². The third-order valence-corrected chi connectivity index (χ3v) is 7.12. The van der Waals surface area contributed by atoms with Gasteiger partial charge in [-0.15, -0.1) is 0 Å². The molecule has 3 N–H and O–H groups in total. The van der Waals surface area contributed by atoms with Gasteiger partial charge in [0.1, 0.15) is 17.9 Å². The normalized spacial score (nSPS) is 20.1. The van der Waals surface area contributed by atoms with Gasteiger partial charge in [0.2, 0.25) is 5.91 Å². The number of methoxy groups -OCH3 is 1. The van der Waals surface area contributed by atoms with E-state index in [1.807, 2.05) is 48.7 Å². The number of nitrogens with one attached hydrogen (secondary N) is 1. The van der Waals surface area contributed by atoms with E-state index in [2.05, 4.69) is 35.0 Å². The fraction of sp³-hybridized carbons (Fsp3) is 0.462. The van der Waals surface area contributed by atoms with E-state index < -0.39 is 18.1 Å². The molecule has 7 nitrogen and oxygen atoms in total. The van der Waals surface area contributed by atoms with Crippen LogP contribution in [0.3, 0.4) is 0 Å². The molecular formula is C26H35N3O4S2. The zero-order valence-electron chi connectivity index (χ0n) is 20.3. The van der Waals surface area contributed by atoms with Crippen LogP contribution >= 0.6 is 24.4 Å². The summed E-state index contributed by atoms with van der Waals surface area (Å²) in [6.45, 7) is 1.12. The third-order valence-electron chi connectivity index (χ3n) is 6.06. The van der Waals surface area contributed by atoms with Gasteiger partial charge in [-0.1, -0.05) is 48.6 Å². The van der Waals surface area contributed by atoms with Crippen LogP contribution in [0.15, 0.2) is 54.6 Å². The zero-order chi connectivity index (χ0) is 25.2. The predicted octanol–water partition coefficient (Wildman–Crippen LogP) is 2.89. The van der Waals surface area contributed by atoms with Gasteiger partial charge in [0, 0.05) is 36.7 Å². The van der Waals surface area contributed by atoms with Gasteiger partial charge in [0.05, 0.1) is 13.2 Å². The van der Waals surface area contributed by atoms with Gasteiger partial charge in [-0.2, -0.15) is 24.4 Å². The Morgan fingerprint density at radius 3 is 2.80 bits per heavy atom. The number of carbonyl (C=O) groups is 2. The largest absolute Gasteiger partial charge is 0.488 e. The Morgan fingerprint density at radius 2 is 2.06 bits per heavy atom.